The summed E-state index contributed by atoms with van der Waals surface area (Å²) in [5, 5.41) is 0. The Morgan fingerprint density at radius 1 is 1.14 bits per heavy atom. The zero-order chi connectivity index (χ0) is 14.8. The van der Waals surface area contributed by atoms with E-state index in [0.717, 1.165) is 19.3 Å². The number of hydrogen-bond acceptors (Lipinski definition) is 2. The Bertz CT molecular complexity index is 673. The van der Waals surface area contributed by atoms with Crippen LogP contribution in [0.3, 0.4) is 0 Å². The maximum absolute atomic E-state index is 10.9. The molecule has 1 unspecified atom stereocenters. The van der Waals surface area contributed by atoms with Crippen molar-refractivity contribution in [1.82, 2.24) is 0 Å². The molecule has 1 aliphatic carbocycles. The second kappa shape index (κ2) is 5.72. The van der Waals surface area contributed by atoms with E-state index in [4.69, 9.17) is 4.74 Å². The fraction of sp³-hybridized carbons (Fsp3) is 0.316. The summed E-state index contributed by atoms with van der Waals surface area (Å²) in [5.74, 6) is -0.202. The van der Waals surface area contributed by atoms with Gasteiger partial charge in [0, 0.05) is 6.92 Å². The van der Waals surface area contributed by atoms with Crippen LogP contribution in [0.1, 0.15) is 37.0 Å². The number of aryl methyl sites for hydroxylation is 1. The molecular weight excluding hydrogens is 260 g/mol. The van der Waals surface area contributed by atoms with E-state index in [0.29, 0.717) is 0 Å². The molecule has 0 spiro atoms. The van der Waals surface area contributed by atoms with Crippen LogP contribution < -0.4 is 0 Å². The number of ether oxygens (including phenoxy) is 1. The molecule has 108 valence electrons. The van der Waals surface area contributed by atoms with Crippen LogP contribution in [0.2, 0.25) is 0 Å². The highest BCUT2D eigenvalue weighted by atomic mass is 16.5. The van der Waals surface area contributed by atoms with Crippen LogP contribution >= 0.6 is 0 Å². The maximum Gasteiger partial charge on any atom is 0.302 e. The lowest BCUT2D eigenvalue weighted by atomic mass is 10.0. The smallest absolute Gasteiger partial charge is 0.302 e. The molecule has 0 saturated heterocycles. The molecule has 0 N–H and O–H groups in total. The third kappa shape index (κ3) is 2.99. The summed E-state index contributed by atoms with van der Waals surface area (Å²) in [6.07, 6.45) is 2.82. The first kappa shape index (κ1) is 13.9. The van der Waals surface area contributed by atoms with Gasteiger partial charge in [0.1, 0.15) is 0 Å². The fourth-order valence-electron chi connectivity index (χ4n) is 3.07. The first-order valence-corrected chi connectivity index (χ1v) is 7.51. The summed E-state index contributed by atoms with van der Waals surface area (Å²) in [5.41, 5.74) is 6.88. The van der Waals surface area contributed by atoms with Crippen LogP contribution in [0, 0.1) is 0 Å². The Kier molecular flexibility index (Phi) is 3.78. The summed E-state index contributed by atoms with van der Waals surface area (Å²) in [4.78, 5) is 10.9. The fourth-order valence-corrected chi connectivity index (χ4v) is 3.07. The molecule has 2 aromatic rings. The Labute approximate surface area is 125 Å². The van der Waals surface area contributed by atoms with Gasteiger partial charge < -0.3 is 4.74 Å². The molecule has 0 amide bonds. The highest BCUT2D eigenvalue weighted by molar-refractivity contribution is 5.76. The maximum atomic E-state index is 10.9. The molecule has 0 fully saturated rings. The molecule has 0 aromatic heterocycles. The Balaban J connectivity index is 1.71. The van der Waals surface area contributed by atoms with Gasteiger partial charge in [-0.3, -0.25) is 4.79 Å². The first-order valence-electron chi connectivity index (χ1n) is 7.51. The number of esters is 1. The number of hydrogen-bond donors (Lipinski definition) is 0. The molecule has 3 rings (SSSR count). The number of carbonyl (C=O) groups is 1. The van der Waals surface area contributed by atoms with Gasteiger partial charge >= 0.3 is 5.97 Å². The van der Waals surface area contributed by atoms with Gasteiger partial charge in [0.15, 0.2) is 0 Å². The third-order valence-corrected chi connectivity index (χ3v) is 4.06. The van der Waals surface area contributed by atoms with Crippen molar-refractivity contribution in [1.29, 1.82) is 0 Å². The van der Waals surface area contributed by atoms with E-state index < -0.39 is 0 Å². The van der Waals surface area contributed by atoms with E-state index >= 15 is 0 Å². The molecule has 21 heavy (non-hydrogen) atoms. The zero-order valence-corrected chi connectivity index (χ0v) is 12.6. The SMILES string of the molecule is CC(=O)OC(C)CCc1ccc2c(c1)Cc1ccccc1-2. The van der Waals surface area contributed by atoms with E-state index in [-0.39, 0.29) is 12.1 Å². The standard InChI is InChI=1S/C19H20O2/c1-13(21-14(2)20)7-8-15-9-10-19-17(11-15)12-16-5-3-4-6-18(16)19/h3-6,9-11,13H,7-8,12H2,1-2H3. The van der Waals surface area contributed by atoms with Crippen molar-refractivity contribution in [3.8, 4) is 11.1 Å². The van der Waals surface area contributed by atoms with Crippen LogP contribution in [0.5, 0.6) is 0 Å². The Morgan fingerprint density at radius 3 is 2.71 bits per heavy atom. The lowest BCUT2D eigenvalue weighted by molar-refractivity contribution is -0.145. The second-order valence-electron chi connectivity index (χ2n) is 5.78. The Morgan fingerprint density at radius 2 is 1.90 bits per heavy atom. The average Bonchev–Trinajstić information content (AvgIpc) is 2.82. The highest BCUT2D eigenvalue weighted by Gasteiger charge is 2.17. The number of rotatable bonds is 4. The monoisotopic (exact) mass is 280 g/mol. The first-order chi connectivity index (χ1) is 10.1. The van der Waals surface area contributed by atoms with Crippen LogP contribution in [0.4, 0.5) is 0 Å². The summed E-state index contributed by atoms with van der Waals surface area (Å²) in [6, 6.07) is 15.3. The second-order valence-corrected chi connectivity index (χ2v) is 5.78. The van der Waals surface area contributed by atoms with Gasteiger partial charge in [0.2, 0.25) is 0 Å². The summed E-state index contributed by atoms with van der Waals surface area (Å²) >= 11 is 0. The third-order valence-electron chi connectivity index (χ3n) is 4.06. The quantitative estimate of drug-likeness (QED) is 0.671. The predicted molar refractivity (Wildman–Crippen MR) is 84.2 cm³/mol. The van der Waals surface area contributed by atoms with E-state index in [1.165, 1.54) is 34.7 Å². The summed E-state index contributed by atoms with van der Waals surface area (Å²) in [7, 11) is 0. The molecule has 1 aliphatic rings. The molecule has 2 nitrogen and oxygen atoms in total. The molecule has 2 aromatic carbocycles. The lowest BCUT2D eigenvalue weighted by Gasteiger charge is -2.12. The van der Waals surface area contributed by atoms with E-state index in [2.05, 4.69) is 42.5 Å². The van der Waals surface area contributed by atoms with E-state index in [9.17, 15) is 4.79 Å². The predicted octanol–water partition coefficient (Wildman–Crippen LogP) is 4.14. The van der Waals surface area contributed by atoms with Gasteiger partial charge in [-0.05, 0) is 54.0 Å². The van der Waals surface area contributed by atoms with Gasteiger partial charge in [-0.1, -0.05) is 42.5 Å². The minimum Gasteiger partial charge on any atom is -0.463 e. The number of carbonyl (C=O) groups excluding carboxylic acids is 1. The molecule has 0 aliphatic heterocycles. The molecule has 0 saturated carbocycles. The molecule has 1 atom stereocenters. The van der Waals surface area contributed by atoms with Crippen LogP contribution in [0.15, 0.2) is 42.5 Å². The molecule has 0 heterocycles. The molecular formula is C19H20O2. The van der Waals surface area contributed by atoms with Gasteiger partial charge in [0.25, 0.3) is 0 Å². The topological polar surface area (TPSA) is 26.3 Å². The van der Waals surface area contributed by atoms with Crippen LogP contribution in [-0.4, -0.2) is 12.1 Å². The minimum atomic E-state index is -0.202. The summed E-state index contributed by atoms with van der Waals surface area (Å²) in [6.45, 7) is 3.41. The van der Waals surface area contributed by atoms with Crippen LogP contribution in [0.25, 0.3) is 11.1 Å². The van der Waals surface area contributed by atoms with Crippen molar-refractivity contribution in [2.75, 3.05) is 0 Å². The van der Waals surface area contributed by atoms with Gasteiger partial charge in [-0.2, -0.15) is 0 Å². The number of benzene rings is 2. The number of fused-ring (bicyclic) bond motifs is 3. The molecule has 2 heteroatoms. The minimum absolute atomic E-state index is 0.0204. The average molecular weight is 280 g/mol. The largest absolute Gasteiger partial charge is 0.463 e. The normalized spacial score (nSPS) is 13.4. The van der Waals surface area contributed by atoms with Crippen molar-refractivity contribution in [3.63, 3.8) is 0 Å². The van der Waals surface area contributed by atoms with Crippen LogP contribution in [-0.2, 0) is 22.4 Å². The van der Waals surface area contributed by atoms with Crippen molar-refractivity contribution < 1.29 is 9.53 Å². The lowest BCUT2D eigenvalue weighted by Crippen LogP contribution is -2.12. The van der Waals surface area contributed by atoms with E-state index in [1.807, 2.05) is 6.92 Å². The van der Waals surface area contributed by atoms with Gasteiger partial charge in [0.05, 0.1) is 6.10 Å². The molecule has 0 bridgehead atoms. The molecule has 0 radical (unpaired) electrons. The van der Waals surface area contributed by atoms with Crippen molar-refractivity contribution in [3.05, 3.63) is 59.2 Å². The van der Waals surface area contributed by atoms with Crippen molar-refractivity contribution >= 4 is 5.97 Å². The van der Waals surface area contributed by atoms with Gasteiger partial charge in [-0.15, -0.1) is 0 Å². The Hall–Kier alpha value is -2.09. The van der Waals surface area contributed by atoms with E-state index in [1.54, 1.807) is 0 Å². The zero-order valence-electron chi connectivity index (χ0n) is 12.6. The van der Waals surface area contributed by atoms with Gasteiger partial charge in [-0.25, -0.2) is 0 Å². The van der Waals surface area contributed by atoms with Crippen molar-refractivity contribution in [2.45, 2.75) is 39.2 Å². The van der Waals surface area contributed by atoms with Crippen molar-refractivity contribution in [2.24, 2.45) is 0 Å². The highest BCUT2D eigenvalue weighted by Crippen LogP contribution is 2.36. The summed E-state index contributed by atoms with van der Waals surface area (Å²) < 4.78 is 5.18.